The summed E-state index contributed by atoms with van der Waals surface area (Å²) >= 11 is 0. The molecule has 1 fully saturated rings. The number of carbonyl (C=O) groups is 3. The Kier molecular flexibility index (Phi) is 5.36. The smallest absolute Gasteiger partial charge is 0.324 e. The molecular weight excluding hydrogens is 336 g/mol. The molecule has 136 valence electrons. The van der Waals surface area contributed by atoms with Crippen LogP contribution in [0.2, 0.25) is 0 Å². The van der Waals surface area contributed by atoms with Crippen LogP contribution in [0.15, 0.2) is 46.9 Å². The minimum atomic E-state index is -0.997. The molecule has 2 aromatic rings. The van der Waals surface area contributed by atoms with E-state index in [0.29, 0.717) is 18.7 Å². The molecule has 7 nitrogen and oxygen atoms in total. The van der Waals surface area contributed by atoms with Gasteiger partial charge in [0.15, 0.2) is 6.10 Å². The fourth-order valence-electron chi connectivity index (χ4n) is 2.70. The average Bonchev–Trinajstić information content (AvgIpc) is 3.29. The van der Waals surface area contributed by atoms with E-state index in [4.69, 9.17) is 9.15 Å². The van der Waals surface area contributed by atoms with E-state index in [1.54, 1.807) is 0 Å². The Morgan fingerprint density at radius 1 is 1.23 bits per heavy atom. The van der Waals surface area contributed by atoms with Gasteiger partial charge in [0, 0.05) is 25.1 Å². The fourth-order valence-corrected chi connectivity index (χ4v) is 2.70. The molecule has 1 atom stereocenters. The Bertz CT molecular complexity index is 799. The molecular formula is C19H20N2O5. The molecule has 1 aliphatic heterocycles. The monoisotopic (exact) mass is 356 g/mol. The Morgan fingerprint density at radius 3 is 2.69 bits per heavy atom. The zero-order valence-corrected chi connectivity index (χ0v) is 14.4. The van der Waals surface area contributed by atoms with Crippen LogP contribution in [0.5, 0.6) is 0 Å². The van der Waals surface area contributed by atoms with Crippen molar-refractivity contribution in [3.8, 4) is 11.3 Å². The number of benzene rings is 1. The summed E-state index contributed by atoms with van der Waals surface area (Å²) in [6, 6.07) is 12.9. The van der Waals surface area contributed by atoms with Gasteiger partial charge < -0.3 is 14.5 Å². The topological polar surface area (TPSA) is 88.8 Å². The lowest BCUT2D eigenvalue weighted by Crippen LogP contribution is -2.41. The lowest BCUT2D eigenvalue weighted by molar-refractivity contribution is -0.157. The number of imide groups is 1. The van der Waals surface area contributed by atoms with Crippen molar-refractivity contribution < 1.29 is 23.5 Å². The fraction of sp³-hybridized carbons (Fsp3) is 0.316. The van der Waals surface area contributed by atoms with Gasteiger partial charge in [0.1, 0.15) is 11.5 Å². The molecule has 0 saturated carbocycles. The maximum atomic E-state index is 12.1. The Labute approximate surface area is 150 Å². The van der Waals surface area contributed by atoms with Gasteiger partial charge in [-0.2, -0.15) is 0 Å². The van der Waals surface area contributed by atoms with Crippen LogP contribution in [0, 0.1) is 0 Å². The van der Waals surface area contributed by atoms with Gasteiger partial charge in [-0.15, -0.1) is 0 Å². The summed E-state index contributed by atoms with van der Waals surface area (Å²) in [5, 5.41) is 2.53. The van der Waals surface area contributed by atoms with Crippen molar-refractivity contribution in [2.45, 2.75) is 25.9 Å². The second-order valence-electron chi connectivity index (χ2n) is 5.99. The molecule has 1 N–H and O–H groups in total. The van der Waals surface area contributed by atoms with Crippen LogP contribution in [-0.4, -0.2) is 42.0 Å². The maximum absolute atomic E-state index is 12.1. The number of urea groups is 1. The van der Waals surface area contributed by atoms with E-state index in [1.165, 1.54) is 6.92 Å². The first-order valence-corrected chi connectivity index (χ1v) is 8.47. The summed E-state index contributed by atoms with van der Waals surface area (Å²) in [5.41, 5.74) is 0.962. The summed E-state index contributed by atoms with van der Waals surface area (Å²) in [7, 11) is 0. The van der Waals surface area contributed by atoms with Crippen LogP contribution in [0.3, 0.4) is 0 Å². The molecule has 0 bridgehead atoms. The van der Waals surface area contributed by atoms with Crippen molar-refractivity contribution in [3.05, 3.63) is 48.2 Å². The van der Waals surface area contributed by atoms with E-state index in [9.17, 15) is 14.4 Å². The number of nitrogens with zero attached hydrogens (tertiary/aromatic N) is 1. The highest BCUT2D eigenvalue weighted by Crippen LogP contribution is 2.22. The van der Waals surface area contributed by atoms with Crippen LogP contribution in [0.4, 0.5) is 4.79 Å². The second kappa shape index (κ2) is 7.86. The van der Waals surface area contributed by atoms with E-state index in [1.807, 2.05) is 42.5 Å². The first-order valence-electron chi connectivity index (χ1n) is 8.47. The molecule has 2 heterocycles. The number of furan rings is 1. The van der Waals surface area contributed by atoms with Gasteiger partial charge in [0.2, 0.25) is 0 Å². The van der Waals surface area contributed by atoms with E-state index in [-0.39, 0.29) is 13.0 Å². The summed E-state index contributed by atoms with van der Waals surface area (Å²) < 4.78 is 10.9. The van der Waals surface area contributed by atoms with E-state index in [2.05, 4.69) is 5.32 Å². The molecule has 1 aliphatic rings. The van der Waals surface area contributed by atoms with Gasteiger partial charge in [-0.05, 0) is 19.1 Å². The van der Waals surface area contributed by atoms with Gasteiger partial charge in [0.05, 0.1) is 6.42 Å². The number of rotatable bonds is 6. The second-order valence-corrected chi connectivity index (χ2v) is 5.99. The molecule has 1 aromatic heterocycles. The van der Waals surface area contributed by atoms with Gasteiger partial charge in [-0.25, -0.2) is 4.79 Å². The predicted molar refractivity (Wildman–Crippen MR) is 93.1 cm³/mol. The van der Waals surface area contributed by atoms with Crippen molar-refractivity contribution in [2.75, 3.05) is 13.1 Å². The lowest BCUT2D eigenvalue weighted by Gasteiger charge is -2.18. The number of aryl methyl sites for hydroxylation is 1. The Hall–Kier alpha value is -3.09. The van der Waals surface area contributed by atoms with Gasteiger partial charge >= 0.3 is 12.0 Å². The highest BCUT2D eigenvalue weighted by Gasteiger charge is 2.31. The number of esters is 1. The van der Waals surface area contributed by atoms with Crippen molar-refractivity contribution >= 4 is 17.9 Å². The molecule has 7 heteroatoms. The zero-order chi connectivity index (χ0) is 18.5. The molecule has 1 saturated heterocycles. The molecule has 0 radical (unpaired) electrons. The van der Waals surface area contributed by atoms with Gasteiger partial charge in [0.25, 0.3) is 5.91 Å². The number of ether oxygens (including phenoxy) is 1. The van der Waals surface area contributed by atoms with Gasteiger partial charge in [-0.3, -0.25) is 14.5 Å². The van der Waals surface area contributed by atoms with Crippen LogP contribution in [0.1, 0.15) is 19.1 Å². The minimum Gasteiger partial charge on any atom is -0.461 e. The summed E-state index contributed by atoms with van der Waals surface area (Å²) in [6.07, 6.45) is -0.537. The van der Waals surface area contributed by atoms with E-state index < -0.39 is 24.0 Å². The number of hydrogen-bond acceptors (Lipinski definition) is 5. The maximum Gasteiger partial charge on any atom is 0.324 e. The van der Waals surface area contributed by atoms with E-state index >= 15 is 0 Å². The third-order valence-electron chi connectivity index (χ3n) is 4.07. The molecule has 0 spiro atoms. The number of amides is 3. The predicted octanol–water partition coefficient (Wildman–Crippen LogP) is 2.36. The normalized spacial score (nSPS) is 14.8. The standard InChI is InChI=1S/C19H20N2O5/c1-13(18(23)21-12-11-20-19(21)24)25-17(22)10-8-15-7-9-16(26-15)14-5-3-2-4-6-14/h2-7,9,13H,8,10-12H2,1H3,(H,20,24)/t13-/m1/s1. The average molecular weight is 356 g/mol. The molecule has 1 aromatic carbocycles. The highest BCUT2D eigenvalue weighted by atomic mass is 16.5. The first-order chi connectivity index (χ1) is 12.5. The first kappa shape index (κ1) is 17.7. The zero-order valence-electron chi connectivity index (χ0n) is 14.4. The Balaban J connectivity index is 1.49. The quantitative estimate of drug-likeness (QED) is 0.803. The number of hydrogen-bond donors (Lipinski definition) is 1. The van der Waals surface area contributed by atoms with Crippen LogP contribution in [0.25, 0.3) is 11.3 Å². The van der Waals surface area contributed by atoms with Crippen LogP contribution >= 0.6 is 0 Å². The van der Waals surface area contributed by atoms with Crippen molar-refractivity contribution in [3.63, 3.8) is 0 Å². The highest BCUT2D eigenvalue weighted by molar-refractivity contribution is 5.98. The van der Waals surface area contributed by atoms with Gasteiger partial charge in [-0.1, -0.05) is 30.3 Å². The third-order valence-corrected chi connectivity index (χ3v) is 4.07. The summed E-state index contributed by atoms with van der Waals surface area (Å²) in [4.78, 5) is 36.6. The molecule has 0 aliphatic carbocycles. The SMILES string of the molecule is C[C@@H](OC(=O)CCc1ccc(-c2ccccc2)o1)C(=O)N1CCNC1=O. The lowest BCUT2D eigenvalue weighted by atomic mass is 10.2. The molecule has 0 unspecified atom stereocenters. The van der Waals surface area contributed by atoms with E-state index in [0.717, 1.165) is 16.2 Å². The minimum absolute atomic E-state index is 0.0888. The number of carbonyl (C=O) groups excluding carboxylic acids is 3. The van der Waals surface area contributed by atoms with Crippen molar-refractivity contribution in [2.24, 2.45) is 0 Å². The summed E-state index contributed by atoms with van der Waals surface area (Å²) in [5.74, 6) is 0.372. The van der Waals surface area contributed by atoms with Crippen LogP contribution < -0.4 is 5.32 Å². The third kappa shape index (κ3) is 4.11. The largest absolute Gasteiger partial charge is 0.461 e. The summed E-state index contributed by atoms with van der Waals surface area (Å²) in [6.45, 7) is 2.16. The molecule has 26 heavy (non-hydrogen) atoms. The molecule has 3 rings (SSSR count). The number of nitrogens with one attached hydrogen (secondary N) is 1. The van der Waals surface area contributed by atoms with Crippen LogP contribution in [-0.2, 0) is 20.7 Å². The van der Waals surface area contributed by atoms with Crippen molar-refractivity contribution in [1.82, 2.24) is 10.2 Å². The Morgan fingerprint density at radius 2 is 2.00 bits per heavy atom. The van der Waals surface area contributed by atoms with Crippen molar-refractivity contribution in [1.29, 1.82) is 0 Å². The molecule has 3 amide bonds.